The van der Waals surface area contributed by atoms with Crippen molar-refractivity contribution in [1.29, 1.82) is 0 Å². The Morgan fingerprint density at radius 3 is 3.12 bits per heavy atom. The molecular weight excluding hydrogens is 324 g/mol. The van der Waals surface area contributed by atoms with E-state index >= 15 is 0 Å². The molecule has 3 rings (SSSR count). The normalized spacial score (nSPS) is 17.6. The standard InChI is InChI=1S/C16H24N6OS/c1-11-6-7-24-13(11)8-18-16(17-2)19-12-4-5-15-20-14(10-23-3)21-22(15)9-12/h6-7,12H,4-5,8-10H2,1-3H3,(H2,17,18,19). The Hall–Kier alpha value is -1.93. The number of guanidine groups is 1. The molecule has 1 aliphatic rings. The maximum Gasteiger partial charge on any atom is 0.191 e. The second-order valence-corrected chi connectivity index (χ2v) is 6.89. The van der Waals surface area contributed by atoms with E-state index in [1.165, 1.54) is 10.4 Å². The van der Waals surface area contributed by atoms with Gasteiger partial charge in [-0.05, 0) is 30.4 Å². The number of thiophene rings is 1. The highest BCUT2D eigenvalue weighted by Crippen LogP contribution is 2.15. The Morgan fingerprint density at radius 2 is 2.42 bits per heavy atom. The molecule has 1 atom stereocenters. The fourth-order valence-corrected chi connectivity index (χ4v) is 3.65. The van der Waals surface area contributed by atoms with E-state index in [0.29, 0.717) is 12.6 Å². The van der Waals surface area contributed by atoms with Gasteiger partial charge in [-0.2, -0.15) is 5.10 Å². The molecule has 0 amide bonds. The molecule has 0 aromatic carbocycles. The van der Waals surface area contributed by atoms with Crippen LogP contribution < -0.4 is 10.6 Å². The summed E-state index contributed by atoms with van der Waals surface area (Å²) in [7, 11) is 3.46. The molecule has 2 aromatic rings. The maximum absolute atomic E-state index is 5.11. The second-order valence-electron chi connectivity index (χ2n) is 5.89. The quantitative estimate of drug-likeness (QED) is 0.632. The summed E-state index contributed by atoms with van der Waals surface area (Å²) >= 11 is 1.77. The SMILES string of the molecule is CN=C(NCc1sccc1C)NC1CCc2nc(COC)nn2C1. The van der Waals surface area contributed by atoms with Crippen molar-refractivity contribution < 1.29 is 4.74 Å². The molecular formula is C16H24N6OS. The topological polar surface area (TPSA) is 76.4 Å². The number of hydrogen-bond donors (Lipinski definition) is 2. The van der Waals surface area contributed by atoms with Crippen molar-refractivity contribution in [2.45, 2.75) is 45.5 Å². The minimum absolute atomic E-state index is 0.297. The number of aromatic nitrogens is 3. The number of methoxy groups -OCH3 is 1. The lowest BCUT2D eigenvalue weighted by Gasteiger charge is -2.25. The van der Waals surface area contributed by atoms with Gasteiger partial charge >= 0.3 is 0 Å². The number of rotatable bonds is 5. The fraction of sp³-hybridized carbons (Fsp3) is 0.562. The van der Waals surface area contributed by atoms with Crippen molar-refractivity contribution in [3.63, 3.8) is 0 Å². The molecule has 1 aliphatic heterocycles. The molecule has 3 heterocycles. The minimum Gasteiger partial charge on any atom is -0.377 e. The van der Waals surface area contributed by atoms with Crippen molar-refractivity contribution in [2.24, 2.45) is 4.99 Å². The first-order valence-corrected chi connectivity index (χ1v) is 8.99. The summed E-state index contributed by atoms with van der Waals surface area (Å²) in [6.07, 6.45) is 1.93. The molecule has 0 fully saturated rings. The molecule has 0 aliphatic carbocycles. The van der Waals surface area contributed by atoms with Gasteiger partial charge in [0.15, 0.2) is 11.8 Å². The summed E-state index contributed by atoms with van der Waals surface area (Å²) in [5, 5.41) is 13.5. The van der Waals surface area contributed by atoms with Gasteiger partial charge in [-0.1, -0.05) is 0 Å². The Kier molecular flexibility index (Phi) is 5.47. The van der Waals surface area contributed by atoms with E-state index in [1.807, 2.05) is 4.68 Å². The molecule has 1 unspecified atom stereocenters. The largest absolute Gasteiger partial charge is 0.377 e. The summed E-state index contributed by atoms with van der Waals surface area (Å²) in [6, 6.07) is 2.44. The van der Waals surface area contributed by atoms with E-state index in [2.05, 4.69) is 44.1 Å². The number of aliphatic imine (C=N–C) groups is 1. The van der Waals surface area contributed by atoms with Crippen LogP contribution in [0.5, 0.6) is 0 Å². The first-order valence-electron chi connectivity index (χ1n) is 8.11. The van der Waals surface area contributed by atoms with E-state index < -0.39 is 0 Å². The summed E-state index contributed by atoms with van der Waals surface area (Å²) in [5.74, 6) is 2.62. The lowest BCUT2D eigenvalue weighted by molar-refractivity contribution is 0.177. The monoisotopic (exact) mass is 348 g/mol. The molecule has 0 saturated carbocycles. The molecule has 130 valence electrons. The predicted octanol–water partition coefficient (Wildman–Crippen LogP) is 1.47. The molecule has 8 heteroatoms. The number of nitrogens with one attached hydrogen (secondary N) is 2. The van der Waals surface area contributed by atoms with E-state index in [4.69, 9.17) is 4.74 Å². The van der Waals surface area contributed by atoms with Gasteiger partial charge in [-0.15, -0.1) is 11.3 Å². The summed E-state index contributed by atoms with van der Waals surface area (Å²) in [5.41, 5.74) is 1.32. The van der Waals surface area contributed by atoms with Crippen LogP contribution in [0.15, 0.2) is 16.4 Å². The van der Waals surface area contributed by atoms with Crippen molar-refractivity contribution in [2.75, 3.05) is 14.2 Å². The molecule has 7 nitrogen and oxygen atoms in total. The average Bonchev–Trinajstić information content (AvgIpc) is 3.16. The second kappa shape index (κ2) is 7.76. The van der Waals surface area contributed by atoms with Crippen molar-refractivity contribution in [3.8, 4) is 0 Å². The van der Waals surface area contributed by atoms with Gasteiger partial charge in [0.1, 0.15) is 12.4 Å². The van der Waals surface area contributed by atoms with Gasteiger partial charge in [0.25, 0.3) is 0 Å². The van der Waals surface area contributed by atoms with Gasteiger partial charge in [0.2, 0.25) is 0 Å². The summed E-state index contributed by atoms with van der Waals surface area (Å²) in [4.78, 5) is 10.2. The Labute approximate surface area is 146 Å². The third-order valence-corrected chi connectivity index (χ3v) is 5.15. The molecule has 2 N–H and O–H groups in total. The maximum atomic E-state index is 5.11. The predicted molar refractivity (Wildman–Crippen MR) is 95.2 cm³/mol. The Morgan fingerprint density at radius 1 is 1.54 bits per heavy atom. The molecule has 0 spiro atoms. The van der Waals surface area contributed by atoms with E-state index in [1.54, 1.807) is 25.5 Å². The summed E-state index contributed by atoms with van der Waals surface area (Å²) in [6.45, 7) is 4.18. The minimum atomic E-state index is 0.297. The van der Waals surface area contributed by atoms with Crippen molar-refractivity contribution in [3.05, 3.63) is 33.5 Å². The number of fused-ring (bicyclic) bond motifs is 1. The fourth-order valence-electron chi connectivity index (χ4n) is 2.81. The third-order valence-electron chi connectivity index (χ3n) is 4.12. The van der Waals surface area contributed by atoms with Gasteiger partial charge in [-0.3, -0.25) is 4.99 Å². The smallest absolute Gasteiger partial charge is 0.191 e. The Balaban J connectivity index is 1.55. The molecule has 0 bridgehead atoms. The number of ether oxygens (including phenoxy) is 1. The third kappa shape index (κ3) is 3.93. The van der Waals surface area contributed by atoms with Crippen molar-refractivity contribution >= 4 is 17.3 Å². The van der Waals surface area contributed by atoms with Crippen LogP contribution in [0, 0.1) is 6.92 Å². The zero-order chi connectivity index (χ0) is 16.9. The zero-order valence-electron chi connectivity index (χ0n) is 14.4. The van der Waals surface area contributed by atoms with Gasteiger partial charge in [-0.25, -0.2) is 9.67 Å². The number of nitrogens with zero attached hydrogens (tertiary/aromatic N) is 4. The van der Waals surface area contributed by atoms with Crippen LogP contribution in [-0.4, -0.2) is 40.9 Å². The van der Waals surface area contributed by atoms with Crippen molar-refractivity contribution in [1.82, 2.24) is 25.4 Å². The zero-order valence-corrected chi connectivity index (χ0v) is 15.2. The molecule has 0 radical (unpaired) electrons. The summed E-state index contributed by atoms with van der Waals surface area (Å²) < 4.78 is 7.09. The highest BCUT2D eigenvalue weighted by atomic mass is 32.1. The van der Waals surface area contributed by atoms with E-state index in [0.717, 1.165) is 43.5 Å². The van der Waals surface area contributed by atoms with Crippen LogP contribution in [0.3, 0.4) is 0 Å². The highest BCUT2D eigenvalue weighted by Gasteiger charge is 2.22. The van der Waals surface area contributed by atoms with Gasteiger partial charge in [0, 0.05) is 31.5 Å². The van der Waals surface area contributed by atoms with Gasteiger partial charge < -0.3 is 15.4 Å². The first-order chi connectivity index (χ1) is 11.7. The van der Waals surface area contributed by atoms with Crippen LogP contribution in [0.2, 0.25) is 0 Å². The lowest BCUT2D eigenvalue weighted by Crippen LogP contribution is -2.46. The van der Waals surface area contributed by atoms with Crippen LogP contribution in [0.1, 0.15) is 28.5 Å². The van der Waals surface area contributed by atoms with Crippen LogP contribution in [-0.2, 0) is 30.9 Å². The van der Waals surface area contributed by atoms with Crippen LogP contribution >= 0.6 is 11.3 Å². The number of aryl methyl sites for hydroxylation is 2. The van der Waals surface area contributed by atoms with Gasteiger partial charge in [0.05, 0.1) is 13.1 Å². The average molecular weight is 348 g/mol. The van der Waals surface area contributed by atoms with Crippen LogP contribution in [0.25, 0.3) is 0 Å². The number of hydrogen-bond acceptors (Lipinski definition) is 5. The van der Waals surface area contributed by atoms with Crippen LogP contribution in [0.4, 0.5) is 0 Å². The first kappa shape index (κ1) is 16.9. The highest BCUT2D eigenvalue weighted by molar-refractivity contribution is 7.10. The molecule has 0 saturated heterocycles. The van der Waals surface area contributed by atoms with E-state index in [-0.39, 0.29) is 0 Å². The van der Waals surface area contributed by atoms with E-state index in [9.17, 15) is 0 Å². The Bertz CT molecular complexity index is 707. The molecule has 2 aromatic heterocycles. The molecule has 24 heavy (non-hydrogen) atoms. The lowest BCUT2D eigenvalue weighted by atomic mass is 10.1.